The number of amides is 2. The van der Waals surface area contributed by atoms with E-state index in [0.29, 0.717) is 27.9 Å². The van der Waals surface area contributed by atoms with E-state index in [0.717, 1.165) is 12.0 Å². The highest BCUT2D eigenvalue weighted by Gasteiger charge is 2.31. The van der Waals surface area contributed by atoms with Crippen molar-refractivity contribution in [3.8, 4) is 5.75 Å². The molecule has 1 aliphatic heterocycles. The minimum atomic E-state index is -0.174. The van der Waals surface area contributed by atoms with Crippen molar-refractivity contribution in [2.75, 3.05) is 11.9 Å². The van der Waals surface area contributed by atoms with Crippen molar-refractivity contribution in [2.45, 2.75) is 26.2 Å². The van der Waals surface area contributed by atoms with Gasteiger partial charge in [-0.25, -0.2) is 0 Å². The first kappa shape index (κ1) is 21.1. The van der Waals surface area contributed by atoms with Crippen molar-refractivity contribution in [3.63, 3.8) is 0 Å². The minimum Gasteiger partial charge on any atom is -0.508 e. The second kappa shape index (κ2) is 9.71. The summed E-state index contributed by atoms with van der Waals surface area (Å²) in [6.07, 6.45) is 3.58. The van der Waals surface area contributed by atoms with Crippen LogP contribution in [-0.4, -0.2) is 32.7 Å². The molecule has 0 spiro atoms. The number of thioether (sulfide) groups is 1. The summed E-state index contributed by atoms with van der Waals surface area (Å²) < 4.78 is 0.514. The van der Waals surface area contributed by atoms with Crippen LogP contribution in [0.25, 0.3) is 6.08 Å². The topological polar surface area (TPSA) is 69.6 Å². The lowest BCUT2D eigenvalue weighted by atomic mass is 10.1. The summed E-state index contributed by atoms with van der Waals surface area (Å²) in [6.45, 7) is 2.49. The minimum absolute atomic E-state index is 0.0940. The predicted molar refractivity (Wildman–Crippen MR) is 122 cm³/mol. The molecular formula is C22H22N2O3S2. The molecule has 0 radical (unpaired) electrons. The van der Waals surface area contributed by atoms with E-state index in [2.05, 4.69) is 24.4 Å². The highest BCUT2D eigenvalue weighted by Crippen LogP contribution is 2.32. The van der Waals surface area contributed by atoms with Crippen LogP contribution >= 0.6 is 24.0 Å². The number of aryl methyl sites for hydroxylation is 1. The lowest BCUT2D eigenvalue weighted by Gasteiger charge is -2.14. The summed E-state index contributed by atoms with van der Waals surface area (Å²) in [6, 6.07) is 14.5. The molecule has 1 fully saturated rings. The van der Waals surface area contributed by atoms with Gasteiger partial charge in [-0.2, -0.15) is 0 Å². The highest BCUT2D eigenvalue weighted by molar-refractivity contribution is 8.26. The maximum atomic E-state index is 12.7. The van der Waals surface area contributed by atoms with Gasteiger partial charge in [0.2, 0.25) is 5.91 Å². The van der Waals surface area contributed by atoms with Crippen molar-refractivity contribution >= 4 is 51.9 Å². The van der Waals surface area contributed by atoms with Gasteiger partial charge < -0.3 is 10.4 Å². The van der Waals surface area contributed by atoms with Crippen molar-refractivity contribution in [1.29, 1.82) is 0 Å². The molecule has 2 N–H and O–H groups in total. The second-order valence-electron chi connectivity index (χ2n) is 6.63. The van der Waals surface area contributed by atoms with Crippen LogP contribution in [0.15, 0.2) is 53.4 Å². The molecule has 0 saturated carbocycles. The van der Waals surface area contributed by atoms with Crippen LogP contribution in [0.1, 0.15) is 30.9 Å². The Hall–Kier alpha value is -2.64. The van der Waals surface area contributed by atoms with E-state index in [1.54, 1.807) is 17.0 Å². The molecule has 0 atom stereocenters. The lowest BCUT2D eigenvalue weighted by molar-refractivity contribution is -0.122. The summed E-state index contributed by atoms with van der Waals surface area (Å²) in [7, 11) is 0. The molecular weight excluding hydrogens is 404 g/mol. The smallest absolute Gasteiger partial charge is 0.266 e. The van der Waals surface area contributed by atoms with Gasteiger partial charge in [0.25, 0.3) is 5.91 Å². The molecule has 29 heavy (non-hydrogen) atoms. The van der Waals surface area contributed by atoms with Crippen LogP contribution in [0.3, 0.4) is 0 Å². The van der Waals surface area contributed by atoms with Gasteiger partial charge >= 0.3 is 0 Å². The average Bonchev–Trinajstić information content (AvgIpc) is 2.96. The van der Waals surface area contributed by atoms with Gasteiger partial charge in [0.15, 0.2) is 0 Å². The third kappa shape index (κ3) is 5.68. The van der Waals surface area contributed by atoms with Crippen molar-refractivity contribution < 1.29 is 14.7 Å². The summed E-state index contributed by atoms with van der Waals surface area (Å²) in [5, 5.41) is 12.2. The molecule has 0 aromatic heterocycles. The third-order valence-corrected chi connectivity index (χ3v) is 5.85. The van der Waals surface area contributed by atoms with Crippen molar-refractivity contribution in [3.05, 3.63) is 64.6 Å². The Morgan fingerprint density at radius 3 is 2.69 bits per heavy atom. The van der Waals surface area contributed by atoms with Gasteiger partial charge in [0.05, 0.1) is 4.91 Å². The largest absolute Gasteiger partial charge is 0.508 e. The number of phenolic OH excluding ortho intramolecular Hbond substituents is 1. The monoisotopic (exact) mass is 426 g/mol. The van der Waals surface area contributed by atoms with Crippen LogP contribution in [0.2, 0.25) is 0 Å². The van der Waals surface area contributed by atoms with E-state index in [1.807, 2.05) is 18.2 Å². The Morgan fingerprint density at radius 2 is 2.00 bits per heavy atom. The Labute approximate surface area is 179 Å². The number of nitrogens with zero attached hydrogens (tertiary/aromatic N) is 1. The molecule has 2 aromatic rings. The fraction of sp³-hybridized carbons (Fsp3) is 0.227. The van der Waals surface area contributed by atoms with E-state index in [9.17, 15) is 14.7 Å². The maximum Gasteiger partial charge on any atom is 0.266 e. The van der Waals surface area contributed by atoms with Gasteiger partial charge in [-0.05, 0) is 42.2 Å². The maximum absolute atomic E-state index is 12.7. The van der Waals surface area contributed by atoms with Gasteiger partial charge in [-0.3, -0.25) is 14.5 Å². The quantitative estimate of drug-likeness (QED) is 0.501. The van der Waals surface area contributed by atoms with E-state index in [4.69, 9.17) is 12.2 Å². The summed E-state index contributed by atoms with van der Waals surface area (Å²) in [4.78, 5) is 26.9. The normalized spacial score (nSPS) is 15.2. The van der Waals surface area contributed by atoms with E-state index in [1.165, 1.54) is 29.5 Å². The van der Waals surface area contributed by atoms with Crippen LogP contribution < -0.4 is 5.32 Å². The Bertz CT molecular complexity index is 955. The van der Waals surface area contributed by atoms with Crippen molar-refractivity contribution in [1.82, 2.24) is 4.90 Å². The highest BCUT2D eigenvalue weighted by atomic mass is 32.2. The molecule has 2 amide bonds. The Kier molecular flexibility index (Phi) is 7.06. The lowest BCUT2D eigenvalue weighted by Crippen LogP contribution is -2.29. The number of thiocarbonyl (C=S) groups is 1. The first-order valence-electron chi connectivity index (χ1n) is 9.39. The zero-order valence-corrected chi connectivity index (χ0v) is 17.7. The molecule has 1 heterocycles. The molecule has 7 heteroatoms. The Morgan fingerprint density at radius 1 is 1.24 bits per heavy atom. The SMILES string of the molecule is CCc1ccc(/C=C2\SC(=S)N(CCCC(=O)Nc3cccc(O)c3)C2=O)cc1. The molecule has 5 nitrogen and oxygen atoms in total. The molecule has 2 aromatic carbocycles. The number of benzene rings is 2. The number of carbonyl (C=O) groups excluding carboxylic acids is 2. The zero-order chi connectivity index (χ0) is 20.8. The molecule has 0 unspecified atom stereocenters. The van der Waals surface area contributed by atoms with Gasteiger partial charge in [0, 0.05) is 24.7 Å². The summed E-state index contributed by atoms with van der Waals surface area (Å²) >= 11 is 6.64. The van der Waals surface area contributed by atoms with Crippen LogP contribution in [0.5, 0.6) is 5.75 Å². The average molecular weight is 427 g/mol. The molecule has 1 saturated heterocycles. The van der Waals surface area contributed by atoms with Crippen molar-refractivity contribution in [2.24, 2.45) is 0 Å². The summed E-state index contributed by atoms with van der Waals surface area (Å²) in [5.41, 5.74) is 2.75. The fourth-order valence-corrected chi connectivity index (χ4v) is 4.21. The summed E-state index contributed by atoms with van der Waals surface area (Å²) in [5.74, 6) is -0.197. The van der Waals surface area contributed by atoms with Gasteiger partial charge in [0.1, 0.15) is 10.1 Å². The number of nitrogens with one attached hydrogen (secondary N) is 1. The molecule has 0 bridgehead atoms. The molecule has 150 valence electrons. The standard InChI is InChI=1S/C22H22N2O3S2/c1-2-15-8-10-16(11-9-15)13-19-21(27)24(22(28)29-19)12-4-7-20(26)23-17-5-3-6-18(25)14-17/h3,5-6,8-11,13-14,25H,2,4,7,12H2,1H3,(H,23,26)/b19-13-. The number of rotatable bonds is 7. The van der Waals surface area contributed by atoms with E-state index < -0.39 is 0 Å². The number of phenols is 1. The number of aromatic hydroxyl groups is 1. The second-order valence-corrected chi connectivity index (χ2v) is 8.31. The van der Waals surface area contributed by atoms with Crippen LogP contribution in [0, 0.1) is 0 Å². The zero-order valence-electron chi connectivity index (χ0n) is 16.1. The van der Waals surface area contributed by atoms with Gasteiger partial charge in [-0.15, -0.1) is 0 Å². The fourth-order valence-electron chi connectivity index (χ4n) is 2.90. The van der Waals surface area contributed by atoms with Crippen LogP contribution in [0.4, 0.5) is 5.69 Å². The first-order valence-corrected chi connectivity index (χ1v) is 10.6. The first-order chi connectivity index (χ1) is 14.0. The number of hydrogen-bond donors (Lipinski definition) is 2. The Balaban J connectivity index is 1.53. The number of anilines is 1. The van der Waals surface area contributed by atoms with E-state index >= 15 is 0 Å². The molecule has 1 aliphatic rings. The molecule has 0 aliphatic carbocycles. The van der Waals surface area contributed by atoms with Crippen LogP contribution in [-0.2, 0) is 16.0 Å². The van der Waals surface area contributed by atoms with Gasteiger partial charge in [-0.1, -0.05) is 61.2 Å². The predicted octanol–water partition coefficient (Wildman–Crippen LogP) is 4.57. The molecule has 3 rings (SSSR count). The van der Waals surface area contributed by atoms with E-state index in [-0.39, 0.29) is 24.0 Å². The number of carbonyl (C=O) groups is 2. The third-order valence-electron chi connectivity index (χ3n) is 4.47. The number of hydrogen-bond acceptors (Lipinski definition) is 5.